The Hall–Kier alpha value is -3.53. The summed E-state index contributed by atoms with van der Waals surface area (Å²) in [5.41, 5.74) is 1.11. The standard InChI is InChI=1S/C24H22BrN3O6/c25-20-13-15(9-10-21(20)34-14-16-5-4-8-18(11-16)28(32)33)12-19-22(29)26-24(31)27(23(19)30)17-6-2-1-3-7-17/h4-5,8-13,17H,1-3,6-7,14H2,(H,26,29,31). The Morgan fingerprint density at radius 3 is 2.59 bits per heavy atom. The summed E-state index contributed by atoms with van der Waals surface area (Å²) in [6.45, 7) is 0.125. The van der Waals surface area contributed by atoms with E-state index < -0.39 is 22.8 Å². The number of amides is 4. The molecular formula is C24H22BrN3O6. The first-order chi connectivity index (χ1) is 16.3. The number of carbonyl (C=O) groups is 3. The monoisotopic (exact) mass is 527 g/mol. The lowest BCUT2D eigenvalue weighted by Crippen LogP contribution is -2.58. The molecule has 1 saturated carbocycles. The third-order valence-electron chi connectivity index (χ3n) is 5.86. The Kier molecular flexibility index (Phi) is 7.06. The molecule has 1 saturated heterocycles. The molecule has 4 rings (SSSR count). The SMILES string of the molecule is O=C1NC(=O)N(C2CCCCC2)C(=O)C1=Cc1ccc(OCc2cccc([N+](=O)[O-])c2)c(Br)c1. The van der Waals surface area contributed by atoms with Gasteiger partial charge in [0.15, 0.2) is 0 Å². The van der Waals surface area contributed by atoms with Crippen molar-refractivity contribution in [2.45, 2.75) is 44.8 Å². The maximum absolute atomic E-state index is 13.0. The van der Waals surface area contributed by atoms with Gasteiger partial charge in [-0.2, -0.15) is 0 Å². The molecule has 10 heteroatoms. The molecule has 2 aromatic carbocycles. The summed E-state index contributed by atoms with van der Waals surface area (Å²) < 4.78 is 6.35. The first kappa shape index (κ1) is 23.6. The maximum Gasteiger partial charge on any atom is 0.331 e. The molecule has 0 aromatic heterocycles. The van der Waals surface area contributed by atoms with E-state index in [4.69, 9.17) is 4.74 Å². The van der Waals surface area contributed by atoms with Crippen LogP contribution in [0.4, 0.5) is 10.5 Å². The molecule has 1 aliphatic carbocycles. The van der Waals surface area contributed by atoms with Gasteiger partial charge in [0.25, 0.3) is 17.5 Å². The number of ether oxygens (including phenoxy) is 1. The van der Waals surface area contributed by atoms with Crippen LogP contribution < -0.4 is 10.1 Å². The number of urea groups is 1. The number of imide groups is 2. The van der Waals surface area contributed by atoms with Crippen LogP contribution in [0.25, 0.3) is 6.08 Å². The minimum atomic E-state index is -0.718. The molecule has 0 atom stereocenters. The van der Waals surface area contributed by atoms with Gasteiger partial charge in [0.2, 0.25) is 0 Å². The fourth-order valence-electron chi connectivity index (χ4n) is 4.15. The van der Waals surface area contributed by atoms with Crippen molar-refractivity contribution in [2.75, 3.05) is 0 Å². The largest absolute Gasteiger partial charge is 0.488 e. The van der Waals surface area contributed by atoms with Crippen molar-refractivity contribution in [1.29, 1.82) is 0 Å². The molecule has 0 radical (unpaired) electrons. The Bertz CT molecular complexity index is 1190. The van der Waals surface area contributed by atoms with Crippen molar-refractivity contribution in [3.8, 4) is 5.75 Å². The summed E-state index contributed by atoms with van der Waals surface area (Å²) in [6, 6.07) is 10.4. The number of benzene rings is 2. The number of hydrogen-bond donors (Lipinski definition) is 1. The highest BCUT2D eigenvalue weighted by atomic mass is 79.9. The molecular weight excluding hydrogens is 506 g/mol. The van der Waals surface area contributed by atoms with Crippen LogP contribution in [0.1, 0.15) is 43.2 Å². The summed E-state index contributed by atoms with van der Waals surface area (Å²) in [5.74, 6) is -0.806. The molecule has 176 valence electrons. The highest BCUT2D eigenvalue weighted by molar-refractivity contribution is 9.10. The fourth-order valence-corrected chi connectivity index (χ4v) is 4.66. The summed E-state index contributed by atoms with van der Waals surface area (Å²) in [4.78, 5) is 49.4. The summed E-state index contributed by atoms with van der Waals surface area (Å²) >= 11 is 3.42. The van der Waals surface area contributed by atoms with E-state index in [1.807, 2.05) is 0 Å². The van der Waals surface area contributed by atoms with E-state index in [1.54, 1.807) is 30.3 Å². The van der Waals surface area contributed by atoms with Gasteiger partial charge in [-0.15, -0.1) is 0 Å². The molecule has 1 heterocycles. The van der Waals surface area contributed by atoms with E-state index >= 15 is 0 Å². The summed E-state index contributed by atoms with van der Waals surface area (Å²) in [6.07, 6.45) is 5.89. The van der Waals surface area contributed by atoms with E-state index in [0.717, 1.165) is 32.1 Å². The first-order valence-corrected chi connectivity index (χ1v) is 11.7. The van der Waals surface area contributed by atoms with E-state index in [0.29, 0.717) is 21.3 Å². The molecule has 9 nitrogen and oxygen atoms in total. The third kappa shape index (κ3) is 5.17. The molecule has 2 aromatic rings. The number of halogens is 1. The second-order valence-electron chi connectivity index (χ2n) is 8.19. The van der Waals surface area contributed by atoms with E-state index in [-0.39, 0.29) is 23.9 Å². The number of rotatable bonds is 6. The van der Waals surface area contributed by atoms with E-state index in [2.05, 4.69) is 21.2 Å². The van der Waals surface area contributed by atoms with Gasteiger partial charge in [0.1, 0.15) is 17.9 Å². The Morgan fingerprint density at radius 1 is 1.12 bits per heavy atom. The Morgan fingerprint density at radius 2 is 1.88 bits per heavy atom. The second-order valence-corrected chi connectivity index (χ2v) is 9.04. The lowest BCUT2D eigenvalue weighted by molar-refractivity contribution is -0.384. The Balaban J connectivity index is 1.50. The van der Waals surface area contributed by atoms with Gasteiger partial charge in [0, 0.05) is 18.2 Å². The Labute approximate surface area is 204 Å². The normalized spacial score (nSPS) is 18.2. The molecule has 0 bridgehead atoms. The number of non-ortho nitro benzene ring substituents is 1. The predicted molar refractivity (Wildman–Crippen MR) is 127 cm³/mol. The zero-order valence-corrected chi connectivity index (χ0v) is 19.7. The number of nitrogens with one attached hydrogen (secondary N) is 1. The number of nitro groups is 1. The first-order valence-electron chi connectivity index (χ1n) is 10.9. The van der Waals surface area contributed by atoms with Gasteiger partial charge in [-0.1, -0.05) is 37.5 Å². The van der Waals surface area contributed by atoms with E-state index in [1.165, 1.54) is 23.1 Å². The van der Waals surface area contributed by atoms with Crippen molar-refractivity contribution >= 4 is 45.5 Å². The zero-order valence-electron chi connectivity index (χ0n) is 18.2. The number of nitrogens with zero attached hydrogens (tertiary/aromatic N) is 2. The second kappa shape index (κ2) is 10.2. The average molecular weight is 528 g/mol. The molecule has 4 amide bonds. The van der Waals surface area contributed by atoms with Crippen molar-refractivity contribution in [3.63, 3.8) is 0 Å². The molecule has 0 spiro atoms. The van der Waals surface area contributed by atoms with Gasteiger partial charge >= 0.3 is 6.03 Å². The van der Waals surface area contributed by atoms with E-state index in [9.17, 15) is 24.5 Å². The number of nitro benzene ring substituents is 1. The van der Waals surface area contributed by atoms with Crippen LogP contribution in [0.2, 0.25) is 0 Å². The van der Waals surface area contributed by atoms with Gasteiger partial charge in [-0.25, -0.2) is 4.79 Å². The van der Waals surface area contributed by atoms with Crippen LogP contribution in [0.15, 0.2) is 52.5 Å². The lowest BCUT2D eigenvalue weighted by atomic mass is 9.93. The summed E-state index contributed by atoms with van der Waals surface area (Å²) in [5, 5.41) is 13.2. The lowest BCUT2D eigenvalue weighted by Gasteiger charge is -2.35. The third-order valence-corrected chi connectivity index (χ3v) is 6.48. The number of carbonyl (C=O) groups excluding carboxylic acids is 3. The van der Waals surface area contributed by atoms with Crippen LogP contribution in [-0.2, 0) is 16.2 Å². The van der Waals surface area contributed by atoms with Gasteiger partial charge in [-0.05, 0) is 58.1 Å². The molecule has 0 unspecified atom stereocenters. The van der Waals surface area contributed by atoms with Crippen LogP contribution in [0.5, 0.6) is 5.75 Å². The molecule has 1 aliphatic heterocycles. The minimum absolute atomic E-state index is 0.0154. The topological polar surface area (TPSA) is 119 Å². The quantitative estimate of drug-likeness (QED) is 0.251. The van der Waals surface area contributed by atoms with Crippen LogP contribution in [0, 0.1) is 10.1 Å². The number of hydrogen-bond acceptors (Lipinski definition) is 6. The smallest absolute Gasteiger partial charge is 0.331 e. The summed E-state index contributed by atoms with van der Waals surface area (Å²) in [7, 11) is 0. The molecule has 2 fully saturated rings. The van der Waals surface area contributed by atoms with Crippen LogP contribution >= 0.6 is 15.9 Å². The van der Waals surface area contributed by atoms with Crippen molar-refractivity contribution in [3.05, 3.63) is 73.8 Å². The minimum Gasteiger partial charge on any atom is -0.488 e. The fraction of sp³-hybridized carbons (Fsp3) is 0.292. The highest BCUT2D eigenvalue weighted by Crippen LogP contribution is 2.30. The molecule has 2 aliphatic rings. The van der Waals surface area contributed by atoms with Crippen LogP contribution in [0.3, 0.4) is 0 Å². The van der Waals surface area contributed by atoms with Crippen molar-refractivity contribution < 1.29 is 24.0 Å². The van der Waals surface area contributed by atoms with Crippen LogP contribution in [-0.4, -0.2) is 33.7 Å². The highest BCUT2D eigenvalue weighted by Gasteiger charge is 2.40. The van der Waals surface area contributed by atoms with Crippen molar-refractivity contribution in [2.24, 2.45) is 0 Å². The predicted octanol–water partition coefficient (Wildman–Crippen LogP) is 4.73. The molecule has 34 heavy (non-hydrogen) atoms. The number of barbiturate groups is 1. The van der Waals surface area contributed by atoms with Gasteiger partial charge < -0.3 is 4.74 Å². The van der Waals surface area contributed by atoms with Crippen molar-refractivity contribution in [1.82, 2.24) is 10.2 Å². The zero-order chi connectivity index (χ0) is 24.2. The maximum atomic E-state index is 13.0. The van der Waals surface area contributed by atoms with Gasteiger partial charge in [0.05, 0.1) is 9.40 Å². The van der Waals surface area contributed by atoms with Gasteiger partial charge in [-0.3, -0.25) is 29.9 Å². The average Bonchev–Trinajstić information content (AvgIpc) is 2.82. The molecule has 1 N–H and O–H groups in total.